The lowest BCUT2D eigenvalue weighted by molar-refractivity contribution is 0.0828. The van der Waals surface area contributed by atoms with E-state index in [1.165, 1.54) is 30.5 Å². The highest BCUT2D eigenvalue weighted by molar-refractivity contribution is 5.98. The van der Waals surface area contributed by atoms with E-state index in [1.807, 2.05) is 35.0 Å². The molecule has 2 aliphatic heterocycles. The van der Waals surface area contributed by atoms with Crippen LogP contribution < -0.4 is 5.32 Å². The predicted molar refractivity (Wildman–Crippen MR) is 133 cm³/mol. The lowest BCUT2D eigenvalue weighted by atomic mass is 9.96. The van der Waals surface area contributed by atoms with Gasteiger partial charge in [0.2, 0.25) is 0 Å². The van der Waals surface area contributed by atoms with Gasteiger partial charge in [-0.25, -0.2) is 4.39 Å². The number of benzene rings is 3. The molecule has 5 heteroatoms. The van der Waals surface area contributed by atoms with Gasteiger partial charge in [0.25, 0.3) is 5.91 Å². The highest BCUT2D eigenvalue weighted by Crippen LogP contribution is 2.37. The molecule has 34 heavy (non-hydrogen) atoms. The fourth-order valence-corrected chi connectivity index (χ4v) is 5.81. The van der Waals surface area contributed by atoms with Crippen molar-refractivity contribution in [2.75, 3.05) is 0 Å². The third-order valence-corrected chi connectivity index (χ3v) is 7.49. The van der Waals surface area contributed by atoms with Crippen LogP contribution >= 0.6 is 0 Å². The molecular weight excluding hydrogens is 425 g/mol. The third kappa shape index (κ3) is 4.01. The summed E-state index contributed by atoms with van der Waals surface area (Å²) in [6.45, 7) is 0.994. The van der Waals surface area contributed by atoms with Crippen molar-refractivity contribution < 1.29 is 9.18 Å². The first kappa shape index (κ1) is 21.1. The smallest absolute Gasteiger partial charge is 0.251 e. The summed E-state index contributed by atoms with van der Waals surface area (Å²) in [6.07, 6.45) is 6.38. The summed E-state index contributed by atoms with van der Waals surface area (Å²) in [7, 11) is 0. The Morgan fingerprint density at radius 1 is 0.912 bits per heavy atom. The number of hydrogen-bond donors (Lipinski definition) is 1. The maximum Gasteiger partial charge on any atom is 0.251 e. The zero-order valence-corrected chi connectivity index (χ0v) is 19.0. The molecule has 3 atom stereocenters. The molecule has 0 aliphatic carbocycles. The molecule has 1 unspecified atom stereocenters. The maximum atomic E-state index is 13.4. The Kier molecular flexibility index (Phi) is 5.42. The minimum atomic E-state index is -0.260. The van der Waals surface area contributed by atoms with E-state index in [9.17, 15) is 9.18 Å². The normalized spacial score (nSPS) is 22.2. The fraction of sp³-hybridized carbons (Fsp3) is 0.276. The number of hydrogen-bond acceptors (Lipinski definition) is 2. The molecule has 2 saturated heterocycles. The summed E-state index contributed by atoms with van der Waals surface area (Å²) in [5.74, 6) is -0.279. The first-order valence-electron chi connectivity index (χ1n) is 12.1. The number of piperidine rings is 1. The van der Waals surface area contributed by atoms with Crippen molar-refractivity contribution >= 4 is 16.8 Å². The van der Waals surface area contributed by atoms with E-state index in [-0.39, 0.29) is 17.8 Å². The van der Waals surface area contributed by atoms with Crippen LogP contribution in [-0.4, -0.2) is 33.5 Å². The van der Waals surface area contributed by atoms with Crippen molar-refractivity contribution in [1.29, 1.82) is 0 Å². The van der Waals surface area contributed by atoms with Crippen LogP contribution in [0.1, 0.15) is 41.6 Å². The molecule has 6 rings (SSSR count). The van der Waals surface area contributed by atoms with Crippen LogP contribution in [0.3, 0.4) is 0 Å². The number of fused-ring (bicyclic) bond motifs is 3. The van der Waals surface area contributed by atoms with Crippen molar-refractivity contribution in [3.8, 4) is 5.69 Å². The van der Waals surface area contributed by atoms with Gasteiger partial charge in [-0.2, -0.15) is 0 Å². The van der Waals surface area contributed by atoms with Crippen molar-refractivity contribution in [2.24, 2.45) is 0 Å². The minimum absolute atomic E-state index is 0.0188. The van der Waals surface area contributed by atoms with Gasteiger partial charge in [-0.3, -0.25) is 9.69 Å². The number of nitrogens with zero attached hydrogens (tertiary/aromatic N) is 2. The van der Waals surface area contributed by atoms with Crippen molar-refractivity contribution in [3.05, 3.63) is 102 Å². The van der Waals surface area contributed by atoms with Gasteiger partial charge in [-0.1, -0.05) is 36.4 Å². The number of carbonyl (C=O) groups is 1. The van der Waals surface area contributed by atoms with Crippen LogP contribution in [0.15, 0.2) is 85.1 Å². The molecule has 0 spiro atoms. The molecule has 172 valence electrons. The van der Waals surface area contributed by atoms with Crippen molar-refractivity contribution in [1.82, 2.24) is 14.8 Å². The van der Waals surface area contributed by atoms with Gasteiger partial charge in [-0.15, -0.1) is 0 Å². The Morgan fingerprint density at radius 2 is 1.65 bits per heavy atom. The molecular formula is C29H28FN3O. The molecule has 3 aromatic carbocycles. The Hall–Kier alpha value is -3.44. The van der Waals surface area contributed by atoms with Gasteiger partial charge in [0, 0.05) is 42.1 Å². The zero-order chi connectivity index (χ0) is 23.1. The number of halogens is 1. The Balaban J connectivity index is 1.16. The average Bonchev–Trinajstić information content (AvgIpc) is 3.37. The molecule has 2 fully saturated rings. The number of rotatable bonds is 5. The second-order valence-electron chi connectivity index (χ2n) is 9.62. The summed E-state index contributed by atoms with van der Waals surface area (Å²) in [5, 5.41) is 4.37. The van der Waals surface area contributed by atoms with Crippen LogP contribution in [-0.2, 0) is 6.54 Å². The largest absolute Gasteiger partial charge is 0.349 e. The average molecular weight is 454 g/mol. The van der Waals surface area contributed by atoms with Crippen LogP contribution in [0.5, 0.6) is 0 Å². The van der Waals surface area contributed by atoms with Gasteiger partial charge in [0.15, 0.2) is 0 Å². The molecule has 2 aliphatic rings. The molecule has 0 saturated carbocycles. The predicted octanol–water partition coefficient (Wildman–Crippen LogP) is 5.70. The summed E-state index contributed by atoms with van der Waals surface area (Å²) < 4.78 is 15.4. The lowest BCUT2D eigenvalue weighted by Gasteiger charge is -2.39. The van der Waals surface area contributed by atoms with E-state index in [0.717, 1.165) is 36.0 Å². The number of carbonyl (C=O) groups excluding carboxylic acids is 1. The van der Waals surface area contributed by atoms with Crippen LogP contribution in [0.4, 0.5) is 4.39 Å². The van der Waals surface area contributed by atoms with Crippen molar-refractivity contribution in [3.63, 3.8) is 0 Å². The Bertz CT molecular complexity index is 1300. The summed E-state index contributed by atoms with van der Waals surface area (Å²) in [5.41, 5.74) is 3.83. The second kappa shape index (κ2) is 8.73. The molecule has 1 amide bonds. The first-order chi connectivity index (χ1) is 16.6. The number of nitrogens with one attached hydrogen (secondary N) is 1. The van der Waals surface area contributed by atoms with E-state index in [1.54, 1.807) is 12.1 Å². The zero-order valence-electron chi connectivity index (χ0n) is 19.0. The van der Waals surface area contributed by atoms with Gasteiger partial charge >= 0.3 is 0 Å². The monoisotopic (exact) mass is 453 g/mol. The summed E-state index contributed by atoms with van der Waals surface area (Å²) >= 11 is 0. The minimum Gasteiger partial charge on any atom is -0.349 e. The van der Waals surface area contributed by atoms with E-state index < -0.39 is 0 Å². The van der Waals surface area contributed by atoms with E-state index >= 15 is 0 Å². The van der Waals surface area contributed by atoms with Gasteiger partial charge in [-0.05, 0) is 79.1 Å². The summed E-state index contributed by atoms with van der Waals surface area (Å²) in [6, 6.07) is 26.2. The number of amides is 1. The van der Waals surface area contributed by atoms with Crippen LogP contribution in [0.25, 0.3) is 16.6 Å². The second-order valence-corrected chi connectivity index (χ2v) is 9.62. The standard InChI is InChI=1S/C29H28FN3O/c30-23-8-10-25(11-9-23)32-15-14-21-6-7-22(16-28(21)32)29(34)31-24-17-26-12-13-27(18-24)33(26)19-20-4-2-1-3-5-20/h1-11,14-16,24,26-27H,12-13,17-19H2,(H,31,34)/t24?,26-,27+. The van der Waals surface area contributed by atoms with Gasteiger partial charge in [0.05, 0.1) is 5.52 Å². The van der Waals surface area contributed by atoms with Crippen LogP contribution in [0, 0.1) is 5.82 Å². The SMILES string of the molecule is O=C(NC1C[C@H]2CC[C@@H](C1)N2Cc1ccccc1)c1ccc2ccn(-c3ccc(F)cc3)c2c1. The molecule has 3 heterocycles. The molecule has 4 nitrogen and oxygen atoms in total. The van der Waals surface area contributed by atoms with E-state index in [0.29, 0.717) is 17.6 Å². The van der Waals surface area contributed by atoms with E-state index in [2.05, 4.69) is 40.5 Å². The molecule has 1 N–H and O–H groups in total. The van der Waals surface area contributed by atoms with Crippen LogP contribution in [0.2, 0.25) is 0 Å². The lowest BCUT2D eigenvalue weighted by Crippen LogP contribution is -2.49. The highest BCUT2D eigenvalue weighted by atomic mass is 19.1. The topological polar surface area (TPSA) is 37.3 Å². The Morgan fingerprint density at radius 3 is 2.38 bits per heavy atom. The maximum absolute atomic E-state index is 13.4. The van der Waals surface area contributed by atoms with Crippen molar-refractivity contribution in [2.45, 2.75) is 50.4 Å². The first-order valence-corrected chi connectivity index (χ1v) is 12.1. The third-order valence-electron chi connectivity index (χ3n) is 7.49. The van der Waals surface area contributed by atoms with Gasteiger partial charge < -0.3 is 9.88 Å². The van der Waals surface area contributed by atoms with E-state index in [4.69, 9.17) is 0 Å². The Labute approximate surface area is 199 Å². The molecule has 0 radical (unpaired) electrons. The molecule has 2 bridgehead atoms. The quantitative estimate of drug-likeness (QED) is 0.421. The molecule has 1 aromatic heterocycles. The number of aromatic nitrogens is 1. The fourth-order valence-electron chi connectivity index (χ4n) is 5.81. The van der Waals surface area contributed by atoms with Gasteiger partial charge in [0.1, 0.15) is 5.82 Å². The summed E-state index contributed by atoms with van der Waals surface area (Å²) in [4.78, 5) is 15.8. The molecule has 4 aromatic rings. The highest BCUT2D eigenvalue weighted by Gasteiger charge is 2.40.